The third kappa shape index (κ3) is 8.20. The molecule has 1 heterocycles. The van der Waals surface area contributed by atoms with E-state index in [0.717, 1.165) is 26.3 Å². The summed E-state index contributed by atoms with van der Waals surface area (Å²) in [6.07, 6.45) is 0.551. The number of nitrogens with two attached hydrogens (primary N) is 1. The van der Waals surface area contributed by atoms with Crippen molar-refractivity contribution in [3.8, 4) is 0 Å². The number of rotatable bonds is 5. The molecule has 1 aliphatic rings. The molecule has 0 aliphatic carbocycles. The summed E-state index contributed by atoms with van der Waals surface area (Å²) in [5.74, 6) is -2.10. The van der Waals surface area contributed by atoms with Gasteiger partial charge in [0.05, 0.1) is 6.10 Å². The van der Waals surface area contributed by atoms with Crippen LogP contribution in [0, 0.1) is 0 Å². The van der Waals surface area contributed by atoms with Crippen LogP contribution in [0.5, 0.6) is 0 Å². The molecule has 3 atom stereocenters. The molecule has 1 aliphatic heterocycles. The second-order valence-electron chi connectivity index (χ2n) is 4.15. The lowest BCUT2D eigenvalue weighted by molar-refractivity contribution is -0.141. The Labute approximate surface area is 115 Å². The van der Waals surface area contributed by atoms with Gasteiger partial charge in [-0.25, -0.2) is 4.57 Å². The smallest absolute Gasteiger partial charge is 0.469 e. The SMILES string of the molecule is CC(OP(=O)(O)O)C(N)C(=O)O.O=C(O)[C@@H]1CCCN1. The van der Waals surface area contributed by atoms with Crippen LogP contribution in [0.3, 0.4) is 0 Å². The van der Waals surface area contributed by atoms with Crippen LogP contribution < -0.4 is 11.1 Å². The summed E-state index contributed by atoms with van der Waals surface area (Å²) in [4.78, 5) is 36.8. The van der Waals surface area contributed by atoms with Crippen LogP contribution in [-0.4, -0.2) is 56.7 Å². The van der Waals surface area contributed by atoms with E-state index in [1.165, 1.54) is 0 Å². The highest BCUT2D eigenvalue weighted by atomic mass is 31.2. The van der Waals surface area contributed by atoms with Gasteiger partial charge in [0.2, 0.25) is 0 Å². The first-order valence-corrected chi connectivity index (χ1v) is 7.26. The molecule has 10 nitrogen and oxygen atoms in total. The quantitative estimate of drug-likeness (QED) is 0.334. The van der Waals surface area contributed by atoms with Crippen LogP contribution in [0.2, 0.25) is 0 Å². The molecule has 0 radical (unpaired) electrons. The van der Waals surface area contributed by atoms with Gasteiger partial charge in [0.15, 0.2) is 0 Å². The van der Waals surface area contributed by atoms with E-state index < -0.39 is 31.9 Å². The third-order valence-electron chi connectivity index (χ3n) is 2.45. The number of hydrogen-bond donors (Lipinski definition) is 6. The van der Waals surface area contributed by atoms with Crippen molar-refractivity contribution in [1.29, 1.82) is 0 Å². The molecule has 20 heavy (non-hydrogen) atoms. The summed E-state index contributed by atoms with van der Waals surface area (Å²) in [7, 11) is -4.66. The Hall–Kier alpha value is -1.03. The van der Waals surface area contributed by atoms with Crippen molar-refractivity contribution in [3.05, 3.63) is 0 Å². The molecule has 1 rings (SSSR count). The summed E-state index contributed by atoms with van der Waals surface area (Å²) < 4.78 is 14.2. The molecule has 1 fully saturated rings. The van der Waals surface area contributed by atoms with Gasteiger partial charge < -0.3 is 31.1 Å². The predicted octanol–water partition coefficient (Wildman–Crippen LogP) is -1.28. The Morgan fingerprint density at radius 2 is 1.95 bits per heavy atom. The molecule has 0 amide bonds. The Balaban J connectivity index is 0.000000388. The van der Waals surface area contributed by atoms with E-state index in [1.54, 1.807) is 0 Å². The zero-order valence-electron chi connectivity index (χ0n) is 10.8. The van der Waals surface area contributed by atoms with Gasteiger partial charge in [-0.1, -0.05) is 0 Å². The standard InChI is InChI=1S/C5H9NO2.C4H10NO6P/c7-5(8)4-2-1-3-6-4;1-2(3(5)4(6)7)11-12(8,9)10/h4,6H,1-3H2,(H,7,8);2-3H,5H2,1H3,(H,6,7)(H2,8,9,10)/t4-;/m0./s1. The van der Waals surface area contributed by atoms with Gasteiger partial charge in [0, 0.05) is 0 Å². The van der Waals surface area contributed by atoms with E-state index in [0.29, 0.717) is 0 Å². The molecule has 0 saturated carbocycles. The van der Waals surface area contributed by atoms with Crippen molar-refractivity contribution < 1.29 is 38.7 Å². The lowest BCUT2D eigenvalue weighted by atomic mass is 10.2. The maximum atomic E-state index is 10.2. The first-order valence-electron chi connectivity index (χ1n) is 5.73. The third-order valence-corrected chi connectivity index (χ3v) is 3.06. The normalized spacial score (nSPS) is 21.5. The van der Waals surface area contributed by atoms with Crippen LogP contribution in [0.25, 0.3) is 0 Å². The molecule has 0 bridgehead atoms. The van der Waals surface area contributed by atoms with Gasteiger partial charge in [-0.15, -0.1) is 0 Å². The van der Waals surface area contributed by atoms with Crippen molar-refractivity contribution in [1.82, 2.24) is 5.32 Å². The second-order valence-corrected chi connectivity index (χ2v) is 5.34. The summed E-state index contributed by atoms with van der Waals surface area (Å²) in [5, 5.41) is 19.5. The number of aliphatic carboxylic acids is 2. The molecule has 11 heteroatoms. The first kappa shape index (κ1) is 19.0. The number of phosphoric acid groups is 1. The number of hydrogen-bond acceptors (Lipinski definition) is 6. The topological polar surface area (TPSA) is 179 Å². The monoisotopic (exact) mass is 314 g/mol. The highest BCUT2D eigenvalue weighted by molar-refractivity contribution is 7.46. The van der Waals surface area contributed by atoms with Gasteiger partial charge in [-0.05, 0) is 26.3 Å². The van der Waals surface area contributed by atoms with Crippen molar-refractivity contribution in [2.75, 3.05) is 6.54 Å². The summed E-state index contributed by atoms with van der Waals surface area (Å²) in [6, 6.07) is -1.72. The van der Waals surface area contributed by atoms with E-state index in [1.807, 2.05) is 0 Å². The largest absolute Gasteiger partial charge is 0.480 e. The lowest BCUT2D eigenvalue weighted by Gasteiger charge is -2.16. The second kappa shape index (κ2) is 8.30. The molecule has 0 spiro atoms. The molecule has 0 aromatic rings. The Morgan fingerprint density at radius 1 is 1.40 bits per heavy atom. The van der Waals surface area contributed by atoms with Crippen LogP contribution in [0.15, 0.2) is 0 Å². The first-order chi connectivity index (χ1) is 9.04. The lowest BCUT2D eigenvalue weighted by Crippen LogP contribution is -2.41. The molecule has 118 valence electrons. The molecular formula is C9H19N2O8P. The van der Waals surface area contributed by atoms with Gasteiger partial charge >= 0.3 is 19.8 Å². The summed E-state index contributed by atoms with van der Waals surface area (Å²) >= 11 is 0. The number of carbonyl (C=O) groups is 2. The Morgan fingerprint density at radius 3 is 2.20 bits per heavy atom. The molecule has 1 saturated heterocycles. The van der Waals surface area contributed by atoms with E-state index in [9.17, 15) is 14.2 Å². The average Bonchev–Trinajstić information content (AvgIpc) is 2.79. The van der Waals surface area contributed by atoms with Crippen molar-refractivity contribution >= 4 is 19.8 Å². The fourth-order valence-electron chi connectivity index (χ4n) is 1.38. The average molecular weight is 314 g/mol. The van der Waals surface area contributed by atoms with E-state index >= 15 is 0 Å². The van der Waals surface area contributed by atoms with E-state index in [4.69, 9.17) is 25.7 Å². The number of carboxylic acids is 2. The van der Waals surface area contributed by atoms with Crippen LogP contribution in [0.4, 0.5) is 0 Å². The zero-order valence-corrected chi connectivity index (χ0v) is 11.7. The van der Waals surface area contributed by atoms with Crippen LogP contribution in [-0.2, 0) is 18.7 Å². The molecule has 0 aromatic carbocycles. The number of carboxylic acid groups (broad SMARTS) is 2. The van der Waals surface area contributed by atoms with Crippen molar-refractivity contribution in [3.63, 3.8) is 0 Å². The number of phosphoric ester groups is 1. The van der Waals surface area contributed by atoms with Crippen molar-refractivity contribution in [2.24, 2.45) is 5.73 Å². The van der Waals surface area contributed by atoms with Gasteiger partial charge in [-0.2, -0.15) is 0 Å². The Kier molecular flexibility index (Phi) is 7.87. The molecule has 7 N–H and O–H groups in total. The fourth-order valence-corrected chi connectivity index (χ4v) is 1.94. The Bertz CT molecular complexity index is 378. The fraction of sp³-hybridized carbons (Fsp3) is 0.778. The van der Waals surface area contributed by atoms with Gasteiger partial charge in [0.25, 0.3) is 0 Å². The van der Waals surface area contributed by atoms with E-state index in [-0.39, 0.29) is 6.04 Å². The van der Waals surface area contributed by atoms with E-state index in [2.05, 4.69) is 9.84 Å². The van der Waals surface area contributed by atoms with Crippen LogP contribution in [0.1, 0.15) is 19.8 Å². The molecule has 0 aromatic heterocycles. The maximum absolute atomic E-state index is 10.2. The van der Waals surface area contributed by atoms with Crippen molar-refractivity contribution in [2.45, 2.75) is 38.0 Å². The van der Waals surface area contributed by atoms with Crippen LogP contribution >= 0.6 is 7.82 Å². The highest BCUT2D eigenvalue weighted by Crippen LogP contribution is 2.37. The maximum Gasteiger partial charge on any atom is 0.469 e. The summed E-state index contributed by atoms with van der Waals surface area (Å²) in [5.41, 5.74) is 5.00. The minimum atomic E-state index is -4.66. The highest BCUT2D eigenvalue weighted by Gasteiger charge is 2.27. The molecule has 2 unspecified atom stereocenters. The predicted molar refractivity (Wildman–Crippen MR) is 66.9 cm³/mol. The minimum absolute atomic E-state index is 0.269. The number of nitrogens with one attached hydrogen (secondary N) is 1. The minimum Gasteiger partial charge on any atom is -0.480 e. The summed E-state index contributed by atoms with van der Waals surface area (Å²) in [6.45, 7) is 2.02. The zero-order chi connectivity index (χ0) is 15.9. The van der Waals surface area contributed by atoms with Gasteiger partial charge in [0.1, 0.15) is 12.1 Å². The van der Waals surface area contributed by atoms with Gasteiger partial charge in [-0.3, -0.25) is 14.1 Å². The molecular weight excluding hydrogens is 295 g/mol.